The SMILES string of the molecule is O=C(NN1CCN(c2nc(-c3cnc4ccccc4n3)no2)CC1)C1CCCCC1. The molecule has 156 valence electrons. The van der Waals surface area contributed by atoms with Gasteiger partial charge in [-0.15, -0.1) is 0 Å². The van der Waals surface area contributed by atoms with E-state index in [-0.39, 0.29) is 11.8 Å². The number of aromatic nitrogens is 4. The number of amides is 1. The van der Waals surface area contributed by atoms with Crippen molar-refractivity contribution < 1.29 is 9.32 Å². The van der Waals surface area contributed by atoms with Crippen LogP contribution in [0.4, 0.5) is 6.01 Å². The summed E-state index contributed by atoms with van der Waals surface area (Å²) in [5.41, 5.74) is 5.30. The van der Waals surface area contributed by atoms with E-state index >= 15 is 0 Å². The summed E-state index contributed by atoms with van der Waals surface area (Å²) in [4.78, 5) is 28.0. The minimum atomic E-state index is 0.165. The quantitative estimate of drug-likeness (QED) is 0.704. The van der Waals surface area contributed by atoms with Gasteiger partial charge in [-0.05, 0) is 25.0 Å². The molecule has 1 saturated carbocycles. The molecule has 3 heterocycles. The molecule has 0 radical (unpaired) electrons. The van der Waals surface area contributed by atoms with Gasteiger partial charge in [0.05, 0.1) is 17.2 Å². The van der Waals surface area contributed by atoms with Gasteiger partial charge in [-0.1, -0.05) is 36.6 Å². The number of benzene rings is 1. The molecule has 3 aromatic rings. The van der Waals surface area contributed by atoms with Gasteiger partial charge in [0.1, 0.15) is 5.69 Å². The van der Waals surface area contributed by atoms with Crippen molar-refractivity contribution in [2.24, 2.45) is 5.92 Å². The smallest absolute Gasteiger partial charge is 0.322 e. The molecule has 0 bridgehead atoms. The Bertz CT molecular complexity index is 1020. The highest BCUT2D eigenvalue weighted by Gasteiger charge is 2.26. The van der Waals surface area contributed by atoms with Crippen LogP contribution in [0.2, 0.25) is 0 Å². The Hall–Kier alpha value is -3.07. The number of piperazine rings is 1. The Kier molecular flexibility index (Phi) is 5.27. The number of hydrogen-bond donors (Lipinski definition) is 1. The van der Waals surface area contributed by atoms with Crippen molar-refractivity contribution in [3.63, 3.8) is 0 Å². The van der Waals surface area contributed by atoms with Crippen LogP contribution < -0.4 is 10.3 Å². The first-order chi connectivity index (χ1) is 14.8. The monoisotopic (exact) mass is 407 g/mol. The second-order valence-corrected chi connectivity index (χ2v) is 7.93. The Labute approximate surface area is 174 Å². The molecular weight excluding hydrogens is 382 g/mol. The first-order valence-corrected chi connectivity index (χ1v) is 10.6. The molecule has 2 fully saturated rings. The third-order valence-corrected chi connectivity index (χ3v) is 5.89. The first kappa shape index (κ1) is 18.9. The van der Waals surface area contributed by atoms with Crippen molar-refractivity contribution in [2.45, 2.75) is 32.1 Å². The van der Waals surface area contributed by atoms with E-state index in [2.05, 4.69) is 25.5 Å². The molecule has 1 aliphatic heterocycles. The molecule has 0 unspecified atom stereocenters. The highest BCUT2D eigenvalue weighted by molar-refractivity contribution is 5.78. The maximum Gasteiger partial charge on any atom is 0.324 e. The van der Waals surface area contributed by atoms with Crippen LogP contribution in [0.3, 0.4) is 0 Å². The number of carbonyl (C=O) groups is 1. The predicted molar refractivity (Wildman–Crippen MR) is 111 cm³/mol. The lowest BCUT2D eigenvalue weighted by Gasteiger charge is -2.34. The average molecular weight is 407 g/mol. The minimum Gasteiger partial charge on any atom is -0.322 e. The first-order valence-electron chi connectivity index (χ1n) is 10.6. The van der Waals surface area contributed by atoms with Crippen molar-refractivity contribution in [3.05, 3.63) is 30.5 Å². The molecule has 9 nitrogen and oxygen atoms in total. The van der Waals surface area contributed by atoms with Crippen LogP contribution in [0.5, 0.6) is 0 Å². The number of fused-ring (bicyclic) bond motifs is 1. The van der Waals surface area contributed by atoms with E-state index < -0.39 is 0 Å². The molecule has 9 heteroatoms. The zero-order valence-electron chi connectivity index (χ0n) is 16.8. The van der Waals surface area contributed by atoms with E-state index in [1.54, 1.807) is 6.20 Å². The van der Waals surface area contributed by atoms with Crippen molar-refractivity contribution in [1.82, 2.24) is 30.5 Å². The Morgan fingerprint density at radius 3 is 2.57 bits per heavy atom. The van der Waals surface area contributed by atoms with E-state index in [0.29, 0.717) is 43.7 Å². The molecule has 30 heavy (non-hydrogen) atoms. The van der Waals surface area contributed by atoms with Gasteiger partial charge in [-0.25, -0.2) is 9.99 Å². The highest BCUT2D eigenvalue weighted by atomic mass is 16.5. The molecule has 0 spiro atoms. The zero-order valence-corrected chi connectivity index (χ0v) is 16.8. The van der Waals surface area contributed by atoms with E-state index in [4.69, 9.17) is 4.52 Å². The van der Waals surface area contributed by atoms with Crippen LogP contribution in [0.1, 0.15) is 32.1 Å². The third-order valence-electron chi connectivity index (χ3n) is 5.89. The lowest BCUT2D eigenvalue weighted by atomic mass is 9.89. The second-order valence-electron chi connectivity index (χ2n) is 7.93. The summed E-state index contributed by atoms with van der Waals surface area (Å²) < 4.78 is 5.47. The molecule has 1 aromatic carbocycles. The lowest BCUT2D eigenvalue weighted by Crippen LogP contribution is -2.54. The van der Waals surface area contributed by atoms with E-state index in [9.17, 15) is 4.79 Å². The standard InChI is InChI=1S/C21H25N7O2/c29-20(15-6-2-1-3-7-15)25-28-12-10-27(11-13-28)21-24-19(26-30-21)18-14-22-16-8-4-5-9-17(16)23-18/h4-5,8-9,14-15H,1-3,6-7,10-13H2,(H,25,29). The van der Waals surface area contributed by atoms with Gasteiger partial charge in [0.15, 0.2) is 0 Å². The molecule has 2 aromatic heterocycles. The number of anilines is 1. The molecule has 0 atom stereocenters. The maximum atomic E-state index is 12.5. The van der Waals surface area contributed by atoms with Crippen molar-refractivity contribution in [2.75, 3.05) is 31.1 Å². The number of nitrogens with one attached hydrogen (secondary N) is 1. The number of nitrogens with zero attached hydrogens (tertiary/aromatic N) is 6. The summed E-state index contributed by atoms with van der Waals surface area (Å²) in [6.45, 7) is 2.84. The van der Waals surface area contributed by atoms with Gasteiger partial charge >= 0.3 is 6.01 Å². The average Bonchev–Trinajstić information content (AvgIpc) is 3.30. The van der Waals surface area contributed by atoms with Crippen molar-refractivity contribution in [3.8, 4) is 11.5 Å². The zero-order chi connectivity index (χ0) is 20.3. The highest BCUT2D eigenvalue weighted by Crippen LogP contribution is 2.24. The summed E-state index contributed by atoms with van der Waals surface area (Å²) in [6, 6.07) is 8.15. The second kappa shape index (κ2) is 8.35. The largest absolute Gasteiger partial charge is 0.324 e. The molecule has 2 aliphatic rings. The van der Waals surface area contributed by atoms with Crippen LogP contribution in [0.25, 0.3) is 22.6 Å². The summed E-state index contributed by atoms with van der Waals surface area (Å²) >= 11 is 0. The van der Waals surface area contributed by atoms with Crippen LogP contribution in [-0.4, -0.2) is 57.2 Å². The fourth-order valence-corrected chi connectivity index (χ4v) is 4.13. The number of hydrogen-bond acceptors (Lipinski definition) is 8. The van der Waals surface area contributed by atoms with Gasteiger partial charge in [0.2, 0.25) is 11.7 Å². The topological polar surface area (TPSA) is 100 Å². The summed E-state index contributed by atoms with van der Waals surface area (Å²) in [5, 5.41) is 6.08. The summed E-state index contributed by atoms with van der Waals surface area (Å²) in [5.74, 6) is 0.757. The van der Waals surface area contributed by atoms with E-state index in [1.165, 1.54) is 6.42 Å². The van der Waals surface area contributed by atoms with Gasteiger partial charge in [-0.2, -0.15) is 4.98 Å². The van der Waals surface area contributed by atoms with Gasteiger partial charge in [0.25, 0.3) is 0 Å². The van der Waals surface area contributed by atoms with Crippen LogP contribution in [0.15, 0.2) is 35.0 Å². The van der Waals surface area contributed by atoms with Gasteiger partial charge in [0, 0.05) is 32.1 Å². The maximum absolute atomic E-state index is 12.5. The fourth-order valence-electron chi connectivity index (χ4n) is 4.13. The normalized spacial score (nSPS) is 18.6. The number of para-hydroxylation sites is 2. The molecule has 1 saturated heterocycles. The molecule has 5 rings (SSSR count). The Morgan fingerprint density at radius 2 is 1.77 bits per heavy atom. The molecule has 1 amide bonds. The predicted octanol–water partition coefficient (Wildman–Crippen LogP) is 2.41. The molecular formula is C21H25N7O2. The Morgan fingerprint density at radius 1 is 1.00 bits per heavy atom. The fraction of sp³-hybridized carbons (Fsp3) is 0.476. The minimum absolute atomic E-state index is 0.165. The number of hydrazine groups is 1. The Balaban J connectivity index is 1.19. The van der Waals surface area contributed by atoms with Crippen LogP contribution in [-0.2, 0) is 4.79 Å². The number of rotatable bonds is 4. The van der Waals surface area contributed by atoms with E-state index in [1.807, 2.05) is 34.2 Å². The molecule has 1 aliphatic carbocycles. The van der Waals surface area contributed by atoms with Crippen LogP contribution in [0, 0.1) is 5.92 Å². The van der Waals surface area contributed by atoms with E-state index in [0.717, 1.165) is 36.7 Å². The molecule has 1 N–H and O–H groups in total. The van der Waals surface area contributed by atoms with Gasteiger partial charge < -0.3 is 9.42 Å². The van der Waals surface area contributed by atoms with Crippen molar-refractivity contribution in [1.29, 1.82) is 0 Å². The number of carbonyl (C=O) groups excluding carboxylic acids is 1. The van der Waals surface area contributed by atoms with Crippen LogP contribution >= 0.6 is 0 Å². The third kappa shape index (κ3) is 3.97. The van der Waals surface area contributed by atoms with Gasteiger partial charge in [-0.3, -0.25) is 15.2 Å². The lowest BCUT2D eigenvalue weighted by molar-refractivity contribution is -0.131. The summed E-state index contributed by atoms with van der Waals surface area (Å²) in [6.07, 6.45) is 7.25. The van der Waals surface area contributed by atoms with Crippen molar-refractivity contribution >= 4 is 23.0 Å². The summed E-state index contributed by atoms with van der Waals surface area (Å²) in [7, 11) is 0.